The van der Waals surface area contributed by atoms with Crippen molar-refractivity contribution < 1.29 is 14.0 Å². The molecule has 1 aliphatic carbocycles. The Morgan fingerprint density at radius 3 is 2.63 bits per heavy atom. The maximum atomic E-state index is 6.27. The summed E-state index contributed by atoms with van der Waals surface area (Å²) >= 11 is 1.49. The fourth-order valence-corrected chi connectivity index (χ4v) is 6.03. The van der Waals surface area contributed by atoms with Gasteiger partial charge < -0.3 is 20.2 Å². The van der Waals surface area contributed by atoms with Crippen molar-refractivity contribution >= 4 is 28.7 Å². The molecule has 2 heterocycles. The number of methoxy groups -OCH3 is 2. The molecular formula is C27H32N5O2S+. The highest BCUT2D eigenvalue weighted by Gasteiger charge is 2.29. The molecular weight excluding hydrogens is 458 g/mol. The molecule has 35 heavy (non-hydrogen) atoms. The lowest BCUT2D eigenvalue weighted by atomic mass is 9.76. The molecule has 7 nitrogen and oxygen atoms in total. The molecule has 0 spiro atoms. The standard InChI is InChI=1S/C27H31N5O2S/c1-33-20-13-14-22(34-2)23(15-20)35-27-30-24-25(28)29-17-32(26(24)31-27)16-21(18-9-5-3-6-10-18)19-11-7-4-8-12-19/h3,5-6,9-10,13-15,17,19,21H,4,7-8,11-12,16H2,1-2H3,(H2,28,30,31)/p+1. The smallest absolute Gasteiger partial charge is 0.294 e. The Hall–Kier alpha value is -3.26. The molecule has 182 valence electrons. The number of nitrogens with one attached hydrogen (secondary N) is 1. The number of aromatic nitrogens is 4. The average Bonchev–Trinajstić information content (AvgIpc) is 3.34. The van der Waals surface area contributed by atoms with Crippen LogP contribution < -0.4 is 19.8 Å². The van der Waals surface area contributed by atoms with Gasteiger partial charge in [0, 0.05) is 5.92 Å². The largest absolute Gasteiger partial charge is 0.497 e. The number of imidazole rings is 1. The summed E-state index contributed by atoms with van der Waals surface area (Å²) in [5, 5.41) is 0.730. The van der Waals surface area contributed by atoms with Crippen molar-refractivity contribution in [2.24, 2.45) is 5.92 Å². The molecule has 3 N–H and O–H groups in total. The lowest BCUT2D eigenvalue weighted by Gasteiger charge is -2.30. The number of hydrogen-bond acceptors (Lipinski definition) is 6. The van der Waals surface area contributed by atoms with Crippen LogP contribution in [0.25, 0.3) is 11.2 Å². The summed E-state index contributed by atoms with van der Waals surface area (Å²) in [7, 11) is 3.32. The molecule has 1 atom stereocenters. The van der Waals surface area contributed by atoms with E-state index in [9.17, 15) is 0 Å². The monoisotopic (exact) mass is 490 g/mol. The van der Waals surface area contributed by atoms with Crippen LogP contribution in [0.1, 0.15) is 43.6 Å². The fourth-order valence-electron chi connectivity index (χ4n) is 5.11. The zero-order valence-electron chi connectivity index (χ0n) is 20.2. The van der Waals surface area contributed by atoms with Gasteiger partial charge in [-0.15, -0.1) is 0 Å². The fraction of sp³-hybridized carbons (Fsp3) is 0.370. The van der Waals surface area contributed by atoms with Crippen LogP contribution >= 0.6 is 11.8 Å². The first-order chi connectivity index (χ1) is 17.2. The van der Waals surface area contributed by atoms with Gasteiger partial charge in [-0.05, 0) is 54.3 Å². The van der Waals surface area contributed by atoms with E-state index in [1.54, 1.807) is 14.2 Å². The highest BCUT2D eigenvalue weighted by Crippen LogP contribution is 2.38. The highest BCUT2D eigenvalue weighted by atomic mass is 32.2. The maximum Gasteiger partial charge on any atom is 0.294 e. The molecule has 5 rings (SSSR count). The minimum Gasteiger partial charge on any atom is -0.497 e. The third-order valence-corrected chi connectivity index (χ3v) is 7.87. The summed E-state index contributed by atoms with van der Waals surface area (Å²) in [4.78, 5) is 13.7. The molecule has 4 aromatic rings. The number of benzene rings is 2. The molecule has 2 aromatic carbocycles. The van der Waals surface area contributed by atoms with Crippen molar-refractivity contribution in [3.8, 4) is 11.5 Å². The summed E-state index contributed by atoms with van der Waals surface area (Å²) < 4.78 is 13.1. The quantitative estimate of drug-likeness (QED) is 0.323. The number of anilines is 1. The van der Waals surface area contributed by atoms with Gasteiger partial charge in [-0.2, -0.15) is 0 Å². The van der Waals surface area contributed by atoms with E-state index < -0.39 is 0 Å². The molecule has 0 saturated heterocycles. The van der Waals surface area contributed by atoms with Crippen molar-refractivity contribution in [2.45, 2.75) is 54.6 Å². The van der Waals surface area contributed by atoms with Crippen molar-refractivity contribution in [1.82, 2.24) is 15.0 Å². The predicted molar refractivity (Wildman–Crippen MR) is 138 cm³/mol. The average molecular weight is 491 g/mol. The highest BCUT2D eigenvalue weighted by molar-refractivity contribution is 7.99. The Labute approximate surface area is 210 Å². The molecule has 1 unspecified atom stereocenters. The van der Waals surface area contributed by atoms with Crippen LogP contribution in [0.2, 0.25) is 0 Å². The zero-order valence-corrected chi connectivity index (χ0v) is 21.1. The van der Waals surface area contributed by atoms with E-state index in [2.05, 4.69) is 44.9 Å². The van der Waals surface area contributed by atoms with Gasteiger partial charge in [0.15, 0.2) is 5.52 Å². The Balaban J connectivity index is 1.50. The number of nitrogens with two attached hydrogens (primary N) is 1. The number of nitrogens with zero attached hydrogens (tertiary/aromatic N) is 3. The normalized spacial score (nSPS) is 15.3. The molecule has 1 aliphatic rings. The first kappa shape index (κ1) is 23.5. The molecule has 0 bridgehead atoms. The van der Waals surface area contributed by atoms with Crippen LogP contribution in [0.3, 0.4) is 0 Å². The predicted octanol–water partition coefficient (Wildman–Crippen LogP) is 5.36. The third kappa shape index (κ3) is 5.07. The van der Waals surface area contributed by atoms with Crippen LogP contribution in [0.15, 0.2) is 64.9 Å². The van der Waals surface area contributed by atoms with Crippen molar-refractivity contribution in [3.05, 3.63) is 60.4 Å². The van der Waals surface area contributed by atoms with Crippen LogP contribution in [0.4, 0.5) is 5.82 Å². The van der Waals surface area contributed by atoms with E-state index in [1.165, 1.54) is 49.4 Å². The van der Waals surface area contributed by atoms with Gasteiger partial charge in [0.05, 0.1) is 25.7 Å². The number of H-pyrrole nitrogens is 1. The summed E-state index contributed by atoms with van der Waals surface area (Å²) in [5.41, 5.74) is 9.22. The van der Waals surface area contributed by atoms with Crippen LogP contribution in [0, 0.1) is 5.92 Å². The topological polar surface area (TPSA) is 89.9 Å². The Morgan fingerprint density at radius 1 is 1.09 bits per heavy atom. The summed E-state index contributed by atoms with van der Waals surface area (Å²) in [6.07, 6.45) is 8.32. The molecule has 8 heteroatoms. The minimum absolute atomic E-state index is 0.404. The summed E-state index contributed by atoms with van der Waals surface area (Å²) in [6.45, 7) is 0.815. The number of hydrogen-bond donors (Lipinski definition) is 2. The number of ether oxygens (including phenoxy) is 2. The Kier molecular flexibility index (Phi) is 7.08. The van der Waals surface area contributed by atoms with Crippen LogP contribution in [-0.4, -0.2) is 29.2 Å². The van der Waals surface area contributed by atoms with Crippen LogP contribution in [0.5, 0.6) is 11.5 Å². The van der Waals surface area contributed by atoms with Gasteiger partial charge in [0.2, 0.25) is 17.3 Å². The summed E-state index contributed by atoms with van der Waals surface area (Å²) in [6, 6.07) is 16.6. The molecule has 0 radical (unpaired) electrons. The first-order valence-electron chi connectivity index (χ1n) is 12.1. The molecule has 1 saturated carbocycles. The second kappa shape index (κ2) is 10.6. The first-order valence-corrected chi connectivity index (χ1v) is 13.0. The van der Waals surface area contributed by atoms with Crippen molar-refractivity contribution in [3.63, 3.8) is 0 Å². The van der Waals surface area contributed by atoms with Crippen molar-refractivity contribution in [1.29, 1.82) is 0 Å². The minimum atomic E-state index is 0.404. The number of aromatic amines is 1. The van der Waals surface area contributed by atoms with Gasteiger partial charge in [-0.1, -0.05) is 59.6 Å². The van der Waals surface area contributed by atoms with E-state index in [1.807, 2.05) is 24.5 Å². The van der Waals surface area contributed by atoms with E-state index in [0.29, 0.717) is 17.7 Å². The number of fused-ring (bicyclic) bond motifs is 1. The zero-order chi connectivity index (χ0) is 24.2. The second-order valence-corrected chi connectivity index (χ2v) is 10.1. The van der Waals surface area contributed by atoms with Gasteiger partial charge in [0.1, 0.15) is 11.5 Å². The Bertz CT molecular complexity index is 1290. The second-order valence-electron chi connectivity index (χ2n) is 9.06. The summed E-state index contributed by atoms with van der Waals surface area (Å²) in [5.74, 6) is 3.03. The SMILES string of the molecule is COc1ccc(OC)c(Sc2nc3c([nH]2)c(N)nc[n+]3CC(c2ccccc2)C2CCCCC2)c1. The van der Waals surface area contributed by atoms with E-state index in [0.717, 1.165) is 39.3 Å². The van der Waals surface area contributed by atoms with Gasteiger partial charge in [0.25, 0.3) is 5.65 Å². The van der Waals surface area contributed by atoms with Crippen molar-refractivity contribution in [2.75, 3.05) is 20.0 Å². The van der Waals surface area contributed by atoms with Crippen LogP contribution in [-0.2, 0) is 6.54 Å². The van der Waals surface area contributed by atoms with E-state index in [-0.39, 0.29) is 0 Å². The lowest BCUT2D eigenvalue weighted by molar-refractivity contribution is -0.679. The number of nitrogen functional groups attached to an aromatic ring is 1. The van der Waals surface area contributed by atoms with E-state index in [4.69, 9.17) is 20.2 Å². The number of rotatable bonds is 8. The van der Waals surface area contributed by atoms with Gasteiger partial charge >= 0.3 is 0 Å². The maximum absolute atomic E-state index is 6.27. The molecule has 2 aromatic heterocycles. The molecule has 0 aliphatic heterocycles. The molecule has 1 fully saturated rings. The van der Waals surface area contributed by atoms with E-state index >= 15 is 0 Å². The van der Waals surface area contributed by atoms with Gasteiger partial charge in [-0.25, -0.2) is 4.57 Å². The molecule has 0 amide bonds. The van der Waals surface area contributed by atoms with Gasteiger partial charge in [-0.3, -0.25) is 0 Å². The Morgan fingerprint density at radius 2 is 1.89 bits per heavy atom. The third-order valence-electron chi connectivity index (χ3n) is 6.94. The lowest BCUT2D eigenvalue weighted by Crippen LogP contribution is -2.40.